The number of benzene rings is 1. The third kappa shape index (κ3) is 1.36. The topological polar surface area (TPSA) is 30.9 Å². The van der Waals surface area contributed by atoms with Crippen LogP contribution in [0.4, 0.5) is 0 Å². The molecule has 1 unspecified atom stereocenters. The molecule has 2 heterocycles. The minimum atomic E-state index is 0.115. The van der Waals surface area contributed by atoms with Crippen molar-refractivity contribution < 1.29 is 0 Å². The number of nitrogens with zero attached hydrogens (tertiary/aromatic N) is 1. The highest BCUT2D eigenvalue weighted by molar-refractivity contribution is 6.31. The van der Waals surface area contributed by atoms with Crippen molar-refractivity contribution in [2.24, 2.45) is 5.73 Å². The van der Waals surface area contributed by atoms with Crippen LogP contribution >= 0.6 is 11.6 Å². The molecule has 1 aromatic carbocycles. The molecule has 0 bridgehead atoms. The Bertz CT molecular complexity index is 516. The highest BCUT2D eigenvalue weighted by atomic mass is 35.5. The Morgan fingerprint density at radius 1 is 1.33 bits per heavy atom. The highest BCUT2D eigenvalue weighted by Gasteiger charge is 2.18. The predicted molar refractivity (Wildman–Crippen MR) is 63.1 cm³/mol. The molecule has 1 aromatic heterocycles. The van der Waals surface area contributed by atoms with Gasteiger partial charge in [0.25, 0.3) is 0 Å². The fourth-order valence-electron chi connectivity index (χ4n) is 2.46. The standard InChI is InChI=1S/C12H13ClN2/c13-9-5-4-8-6-10-2-1-3-12(14)15(10)11(8)7-9/h4-7,12H,1-3,14H2. The third-order valence-corrected chi connectivity index (χ3v) is 3.38. The summed E-state index contributed by atoms with van der Waals surface area (Å²) in [5.74, 6) is 0. The molecule has 0 radical (unpaired) electrons. The lowest BCUT2D eigenvalue weighted by Crippen LogP contribution is -2.24. The van der Waals surface area contributed by atoms with Crippen LogP contribution in [0.3, 0.4) is 0 Å². The number of hydrogen-bond donors (Lipinski definition) is 1. The molecule has 0 saturated heterocycles. The van der Waals surface area contributed by atoms with E-state index in [1.165, 1.54) is 23.0 Å². The first kappa shape index (κ1) is 9.25. The molecule has 0 spiro atoms. The lowest BCUT2D eigenvalue weighted by Gasteiger charge is -2.23. The lowest BCUT2D eigenvalue weighted by molar-refractivity contribution is 0.425. The summed E-state index contributed by atoms with van der Waals surface area (Å²) < 4.78 is 2.23. The van der Waals surface area contributed by atoms with Gasteiger partial charge in [-0.05, 0) is 37.5 Å². The molecule has 0 saturated carbocycles. The monoisotopic (exact) mass is 220 g/mol. The van der Waals surface area contributed by atoms with Crippen LogP contribution in [0.2, 0.25) is 5.02 Å². The van der Waals surface area contributed by atoms with Gasteiger partial charge in [-0.1, -0.05) is 17.7 Å². The Morgan fingerprint density at radius 3 is 3.07 bits per heavy atom. The van der Waals surface area contributed by atoms with Crippen molar-refractivity contribution in [3.8, 4) is 0 Å². The molecule has 2 N–H and O–H groups in total. The van der Waals surface area contributed by atoms with Crippen LogP contribution in [0.1, 0.15) is 24.7 Å². The lowest BCUT2D eigenvalue weighted by atomic mass is 10.1. The van der Waals surface area contributed by atoms with E-state index in [4.69, 9.17) is 17.3 Å². The summed E-state index contributed by atoms with van der Waals surface area (Å²) in [5, 5.41) is 2.02. The summed E-state index contributed by atoms with van der Waals surface area (Å²) in [7, 11) is 0. The Labute approximate surface area is 93.6 Å². The molecule has 2 nitrogen and oxygen atoms in total. The molecular formula is C12H13ClN2. The molecule has 0 amide bonds. The van der Waals surface area contributed by atoms with Gasteiger partial charge in [-0.3, -0.25) is 0 Å². The van der Waals surface area contributed by atoms with Crippen molar-refractivity contribution in [3.63, 3.8) is 0 Å². The normalized spacial score (nSPS) is 20.5. The van der Waals surface area contributed by atoms with Gasteiger partial charge in [0.2, 0.25) is 0 Å². The van der Waals surface area contributed by atoms with E-state index < -0.39 is 0 Å². The highest BCUT2D eigenvalue weighted by Crippen LogP contribution is 2.30. The van der Waals surface area contributed by atoms with Gasteiger partial charge in [-0.15, -0.1) is 0 Å². The smallest absolute Gasteiger partial charge is 0.0817 e. The Kier molecular flexibility index (Phi) is 2.01. The van der Waals surface area contributed by atoms with Crippen molar-refractivity contribution in [2.75, 3.05) is 0 Å². The van der Waals surface area contributed by atoms with Crippen LogP contribution in [0.5, 0.6) is 0 Å². The van der Waals surface area contributed by atoms with Gasteiger partial charge in [0.05, 0.1) is 11.7 Å². The van der Waals surface area contributed by atoms with E-state index in [9.17, 15) is 0 Å². The average molecular weight is 221 g/mol. The maximum atomic E-state index is 6.13. The second kappa shape index (κ2) is 3.26. The Hall–Kier alpha value is -0.990. The molecule has 1 atom stereocenters. The minimum Gasteiger partial charge on any atom is -0.329 e. The summed E-state index contributed by atoms with van der Waals surface area (Å²) in [5.41, 5.74) is 8.64. The number of aromatic nitrogens is 1. The van der Waals surface area contributed by atoms with Crippen LogP contribution in [-0.2, 0) is 6.42 Å². The summed E-state index contributed by atoms with van der Waals surface area (Å²) in [4.78, 5) is 0. The minimum absolute atomic E-state index is 0.115. The molecule has 0 aliphatic carbocycles. The third-order valence-electron chi connectivity index (χ3n) is 3.15. The van der Waals surface area contributed by atoms with E-state index in [-0.39, 0.29) is 6.17 Å². The zero-order valence-electron chi connectivity index (χ0n) is 8.41. The SMILES string of the molecule is NC1CCCc2cc3ccc(Cl)cc3n21. The van der Waals surface area contributed by atoms with Gasteiger partial charge >= 0.3 is 0 Å². The summed E-state index contributed by atoms with van der Waals surface area (Å²) in [6, 6.07) is 8.23. The number of hydrogen-bond acceptors (Lipinski definition) is 1. The van der Waals surface area contributed by atoms with Gasteiger partial charge < -0.3 is 10.3 Å². The van der Waals surface area contributed by atoms with E-state index >= 15 is 0 Å². The fraction of sp³-hybridized carbons (Fsp3) is 0.333. The van der Waals surface area contributed by atoms with E-state index in [0.717, 1.165) is 17.9 Å². The Morgan fingerprint density at radius 2 is 2.20 bits per heavy atom. The van der Waals surface area contributed by atoms with Gasteiger partial charge in [-0.2, -0.15) is 0 Å². The van der Waals surface area contributed by atoms with Crippen molar-refractivity contribution in [3.05, 3.63) is 35.0 Å². The summed E-state index contributed by atoms with van der Waals surface area (Å²) in [6.07, 6.45) is 3.49. The van der Waals surface area contributed by atoms with Crippen molar-refractivity contribution in [1.82, 2.24) is 4.57 Å². The van der Waals surface area contributed by atoms with Crippen LogP contribution in [0.25, 0.3) is 10.9 Å². The average Bonchev–Trinajstić information content (AvgIpc) is 2.57. The van der Waals surface area contributed by atoms with E-state index in [1.807, 2.05) is 12.1 Å². The first-order chi connectivity index (χ1) is 7.25. The van der Waals surface area contributed by atoms with Gasteiger partial charge in [0, 0.05) is 16.1 Å². The van der Waals surface area contributed by atoms with E-state index in [1.54, 1.807) is 0 Å². The number of fused-ring (bicyclic) bond motifs is 3. The fourth-order valence-corrected chi connectivity index (χ4v) is 2.62. The molecule has 1 aliphatic heterocycles. The molecule has 3 rings (SSSR count). The summed E-state index contributed by atoms with van der Waals surface area (Å²) in [6.45, 7) is 0. The summed E-state index contributed by atoms with van der Waals surface area (Å²) >= 11 is 6.01. The van der Waals surface area contributed by atoms with Crippen molar-refractivity contribution in [1.29, 1.82) is 0 Å². The van der Waals surface area contributed by atoms with Crippen LogP contribution < -0.4 is 5.73 Å². The quantitative estimate of drug-likeness (QED) is 0.727. The molecule has 1 aliphatic rings. The van der Waals surface area contributed by atoms with Crippen molar-refractivity contribution >= 4 is 22.5 Å². The molecule has 15 heavy (non-hydrogen) atoms. The van der Waals surface area contributed by atoms with Gasteiger partial charge in [-0.25, -0.2) is 0 Å². The van der Waals surface area contributed by atoms with Crippen LogP contribution in [0.15, 0.2) is 24.3 Å². The zero-order valence-corrected chi connectivity index (χ0v) is 9.17. The molecule has 78 valence electrons. The first-order valence-corrected chi connectivity index (χ1v) is 5.68. The van der Waals surface area contributed by atoms with Crippen molar-refractivity contribution in [2.45, 2.75) is 25.4 Å². The zero-order chi connectivity index (χ0) is 10.4. The second-order valence-corrected chi connectivity index (χ2v) is 4.60. The number of aryl methyl sites for hydroxylation is 1. The van der Waals surface area contributed by atoms with E-state index in [2.05, 4.69) is 16.7 Å². The second-order valence-electron chi connectivity index (χ2n) is 4.17. The molecule has 3 heteroatoms. The maximum absolute atomic E-state index is 6.13. The maximum Gasteiger partial charge on any atom is 0.0817 e. The molecule has 0 fully saturated rings. The number of rotatable bonds is 0. The number of halogens is 1. The number of nitrogens with two attached hydrogens (primary N) is 1. The van der Waals surface area contributed by atoms with Gasteiger partial charge in [0.1, 0.15) is 0 Å². The van der Waals surface area contributed by atoms with Gasteiger partial charge in [0.15, 0.2) is 0 Å². The van der Waals surface area contributed by atoms with Crippen LogP contribution in [0, 0.1) is 0 Å². The Balaban J connectivity index is 2.33. The predicted octanol–water partition coefficient (Wildman–Crippen LogP) is 3.09. The largest absolute Gasteiger partial charge is 0.329 e. The first-order valence-electron chi connectivity index (χ1n) is 5.30. The molecule has 2 aromatic rings. The molecular weight excluding hydrogens is 208 g/mol. The van der Waals surface area contributed by atoms with Crippen LogP contribution in [-0.4, -0.2) is 4.57 Å². The van der Waals surface area contributed by atoms with E-state index in [0.29, 0.717) is 0 Å².